The average molecular weight is 232 g/mol. The fraction of sp³-hybridized carbons (Fsp3) is 0.900. The molecule has 0 aliphatic carbocycles. The van der Waals surface area contributed by atoms with Gasteiger partial charge in [-0.1, -0.05) is 0 Å². The van der Waals surface area contributed by atoms with Crippen molar-refractivity contribution in [2.24, 2.45) is 5.92 Å². The zero-order valence-corrected chi connectivity index (χ0v) is 9.88. The van der Waals surface area contributed by atoms with Crippen molar-refractivity contribution in [3.63, 3.8) is 0 Å². The van der Waals surface area contributed by atoms with Gasteiger partial charge in [0.25, 0.3) is 0 Å². The molecule has 2 N–H and O–H groups in total. The lowest BCUT2D eigenvalue weighted by atomic mass is 10.1. The molecule has 15 heavy (non-hydrogen) atoms. The number of amides is 1. The third-order valence-corrected chi connectivity index (χ3v) is 3.14. The van der Waals surface area contributed by atoms with E-state index in [2.05, 4.69) is 17.9 Å². The maximum Gasteiger partial charge on any atom is 0.222 e. The summed E-state index contributed by atoms with van der Waals surface area (Å²) in [5.41, 5.74) is 0. The second-order valence-corrected chi connectivity index (χ2v) is 4.28. The molecule has 5 heteroatoms. The maximum absolute atomic E-state index is 11.5. The minimum atomic E-state index is 0.171. The number of carbonyl (C=O) groups is 1. The van der Waals surface area contributed by atoms with E-state index >= 15 is 0 Å². The van der Waals surface area contributed by atoms with Crippen molar-refractivity contribution in [1.29, 1.82) is 0 Å². The van der Waals surface area contributed by atoms with Crippen LogP contribution >= 0.6 is 12.6 Å². The summed E-state index contributed by atoms with van der Waals surface area (Å²) in [4.78, 5) is 13.4. The molecule has 0 aromatic carbocycles. The minimum Gasteiger partial charge on any atom is -0.395 e. The molecule has 0 saturated carbocycles. The van der Waals surface area contributed by atoms with Gasteiger partial charge in [-0.2, -0.15) is 12.6 Å². The molecule has 1 fully saturated rings. The fourth-order valence-electron chi connectivity index (χ4n) is 1.79. The van der Waals surface area contributed by atoms with Gasteiger partial charge in [0.1, 0.15) is 0 Å². The Hall–Kier alpha value is -0.260. The van der Waals surface area contributed by atoms with Gasteiger partial charge >= 0.3 is 0 Å². The van der Waals surface area contributed by atoms with Crippen LogP contribution in [0.1, 0.15) is 12.8 Å². The van der Waals surface area contributed by atoms with E-state index in [0.717, 1.165) is 31.8 Å². The monoisotopic (exact) mass is 232 g/mol. The van der Waals surface area contributed by atoms with Crippen LogP contribution in [-0.4, -0.2) is 54.5 Å². The van der Waals surface area contributed by atoms with Gasteiger partial charge in [-0.05, 0) is 24.6 Å². The van der Waals surface area contributed by atoms with Crippen LogP contribution in [0.15, 0.2) is 0 Å². The lowest BCUT2D eigenvalue weighted by Gasteiger charge is -2.16. The predicted molar refractivity (Wildman–Crippen MR) is 63.1 cm³/mol. The standard InChI is InChI=1S/C10H20N2O2S/c13-5-3-11-2-1-4-12-7-9(8-15)6-10(12)14/h9,11,13,15H,1-8H2. The van der Waals surface area contributed by atoms with Gasteiger partial charge in [0.05, 0.1) is 6.61 Å². The first-order valence-electron chi connectivity index (χ1n) is 5.48. The summed E-state index contributed by atoms with van der Waals surface area (Å²) < 4.78 is 0. The number of hydrogen-bond acceptors (Lipinski definition) is 4. The van der Waals surface area contributed by atoms with Crippen LogP contribution in [0.3, 0.4) is 0 Å². The quantitative estimate of drug-likeness (QED) is 0.419. The van der Waals surface area contributed by atoms with Crippen molar-refractivity contribution in [2.75, 3.05) is 38.5 Å². The predicted octanol–water partition coefficient (Wildman–Crippen LogP) is -0.263. The molecular formula is C10H20N2O2S. The summed E-state index contributed by atoms with van der Waals surface area (Å²) in [7, 11) is 0. The molecule has 1 amide bonds. The largest absolute Gasteiger partial charge is 0.395 e. The van der Waals surface area contributed by atoms with Gasteiger partial charge in [0, 0.05) is 26.1 Å². The van der Waals surface area contributed by atoms with Gasteiger partial charge < -0.3 is 15.3 Å². The number of thiol groups is 1. The summed E-state index contributed by atoms with van der Waals surface area (Å²) in [5, 5.41) is 11.6. The van der Waals surface area contributed by atoms with Crippen molar-refractivity contribution in [2.45, 2.75) is 12.8 Å². The first kappa shape index (κ1) is 12.8. The molecule has 1 unspecified atom stereocenters. The molecule has 4 nitrogen and oxygen atoms in total. The van der Waals surface area contributed by atoms with Crippen LogP contribution in [0.5, 0.6) is 0 Å². The average Bonchev–Trinajstić information content (AvgIpc) is 2.59. The van der Waals surface area contributed by atoms with E-state index in [-0.39, 0.29) is 12.5 Å². The van der Waals surface area contributed by atoms with Crippen LogP contribution in [0.4, 0.5) is 0 Å². The summed E-state index contributed by atoms with van der Waals surface area (Å²) in [6, 6.07) is 0. The molecule has 1 rings (SSSR count). The summed E-state index contributed by atoms with van der Waals surface area (Å²) in [6.07, 6.45) is 1.61. The fourth-order valence-corrected chi connectivity index (χ4v) is 2.04. The Kier molecular flexibility index (Phi) is 6.05. The highest BCUT2D eigenvalue weighted by Gasteiger charge is 2.27. The topological polar surface area (TPSA) is 52.6 Å². The molecule has 0 radical (unpaired) electrons. The Morgan fingerprint density at radius 1 is 1.53 bits per heavy atom. The van der Waals surface area contributed by atoms with Gasteiger partial charge in [0.15, 0.2) is 0 Å². The third-order valence-electron chi connectivity index (χ3n) is 2.62. The van der Waals surface area contributed by atoms with Crippen LogP contribution < -0.4 is 5.32 Å². The second kappa shape index (κ2) is 7.09. The molecule has 1 atom stereocenters. The van der Waals surface area contributed by atoms with E-state index in [1.807, 2.05) is 4.90 Å². The van der Waals surface area contributed by atoms with Crippen molar-refractivity contribution in [3.8, 4) is 0 Å². The first-order chi connectivity index (χ1) is 7.27. The maximum atomic E-state index is 11.5. The van der Waals surface area contributed by atoms with Crippen molar-refractivity contribution >= 4 is 18.5 Å². The Morgan fingerprint density at radius 3 is 2.93 bits per heavy atom. The smallest absolute Gasteiger partial charge is 0.222 e. The van der Waals surface area contributed by atoms with Crippen LogP contribution in [0.25, 0.3) is 0 Å². The second-order valence-electron chi connectivity index (χ2n) is 3.92. The number of nitrogens with zero attached hydrogens (tertiary/aromatic N) is 1. The van der Waals surface area contributed by atoms with E-state index in [9.17, 15) is 4.79 Å². The molecular weight excluding hydrogens is 212 g/mol. The Morgan fingerprint density at radius 2 is 2.33 bits per heavy atom. The molecule has 0 aromatic rings. The summed E-state index contributed by atoms with van der Waals surface area (Å²) in [5.74, 6) is 1.49. The van der Waals surface area contributed by atoms with Crippen LogP contribution in [0, 0.1) is 5.92 Å². The van der Waals surface area contributed by atoms with E-state index in [0.29, 0.717) is 18.9 Å². The van der Waals surface area contributed by atoms with Crippen molar-refractivity contribution < 1.29 is 9.90 Å². The number of nitrogens with one attached hydrogen (secondary N) is 1. The number of carbonyl (C=O) groups excluding carboxylic acids is 1. The molecule has 88 valence electrons. The third kappa shape index (κ3) is 4.40. The summed E-state index contributed by atoms with van der Waals surface area (Å²) >= 11 is 4.22. The molecule has 0 spiro atoms. The Labute approximate surface area is 96.4 Å². The summed E-state index contributed by atoms with van der Waals surface area (Å²) in [6.45, 7) is 3.34. The molecule has 1 heterocycles. The number of hydrogen-bond donors (Lipinski definition) is 3. The van der Waals surface area contributed by atoms with E-state index in [1.165, 1.54) is 0 Å². The van der Waals surface area contributed by atoms with Crippen molar-refractivity contribution in [1.82, 2.24) is 10.2 Å². The molecule has 0 aromatic heterocycles. The highest BCUT2D eigenvalue weighted by atomic mass is 32.1. The molecule has 1 saturated heterocycles. The normalized spacial score (nSPS) is 21.3. The highest BCUT2D eigenvalue weighted by molar-refractivity contribution is 7.80. The highest BCUT2D eigenvalue weighted by Crippen LogP contribution is 2.18. The van der Waals surface area contributed by atoms with Crippen molar-refractivity contribution in [3.05, 3.63) is 0 Å². The van der Waals surface area contributed by atoms with E-state index < -0.39 is 0 Å². The van der Waals surface area contributed by atoms with Crippen LogP contribution in [0.2, 0.25) is 0 Å². The lowest BCUT2D eigenvalue weighted by molar-refractivity contribution is -0.127. The zero-order valence-electron chi connectivity index (χ0n) is 8.98. The number of aliphatic hydroxyl groups excluding tert-OH is 1. The number of rotatable bonds is 7. The van der Waals surface area contributed by atoms with E-state index in [4.69, 9.17) is 5.11 Å². The number of likely N-dealkylation sites (tertiary alicyclic amines) is 1. The van der Waals surface area contributed by atoms with Gasteiger partial charge in [-0.25, -0.2) is 0 Å². The zero-order chi connectivity index (χ0) is 11.1. The van der Waals surface area contributed by atoms with Gasteiger partial charge in [0.2, 0.25) is 5.91 Å². The Bertz CT molecular complexity index is 202. The molecule has 1 aliphatic rings. The van der Waals surface area contributed by atoms with Gasteiger partial charge in [-0.3, -0.25) is 4.79 Å². The first-order valence-corrected chi connectivity index (χ1v) is 6.11. The molecule has 1 aliphatic heterocycles. The van der Waals surface area contributed by atoms with Gasteiger partial charge in [-0.15, -0.1) is 0 Å². The Balaban J connectivity index is 2.08. The number of aliphatic hydroxyl groups is 1. The lowest BCUT2D eigenvalue weighted by Crippen LogP contribution is -2.29. The van der Waals surface area contributed by atoms with Crippen LogP contribution in [-0.2, 0) is 4.79 Å². The van der Waals surface area contributed by atoms with E-state index in [1.54, 1.807) is 0 Å². The molecule has 0 bridgehead atoms. The SMILES string of the molecule is O=C1CC(CS)CN1CCCNCCO. The minimum absolute atomic E-state index is 0.171.